The number of carbonyl (C=O) groups excluding carboxylic acids is 1. The summed E-state index contributed by atoms with van der Waals surface area (Å²) in [5.74, 6) is -0.114. The molecule has 0 radical (unpaired) electrons. The molecule has 0 fully saturated rings. The Labute approximate surface area is 169 Å². The highest BCUT2D eigenvalue weighted by Crippen LogP contribution is 2.29. The Morgan fingerprint density at radius 1 is 1.10 bits per heavy atom. The van der Waals surface area contributed by atoms with Gasteiger partial charge in [-0.25, -0.2) is 0 Å². The second-order valence-corrected chi connectivity index (χ2v) is 6.56. The number of hydrogen-bond acceptors (Lipinski definition) is 5. The maximum Gasteiger partial charge on any atom is 0.416 e. The standard InChI is InChI=1S/C20H18F3N5O2/c21-20(22,23)15-5-1-3-13(9-15)10-17-26-19(30)16(27-28-17)6-7-18(29)25-12-14-4-2-8-24-11-14/h1-5,8-9,11H,6-7,10,12H2,(H,25,29)(H,26,28,30). The summed E-state index contributed by atoms with van der Waals surface area (Å²) in [6, 6.07) is 8.36. The fourth-order valence-corrected chi connectivity index (χ4v) is 2.71. The molecule has 2 heterocycles. The fraction of sp³-hybridized carbons (Fsp3) is 0.250. The number of benzene rings is 1. The molecule has 156 valence electrons. The van der Waals surface area contributed by atoms with Crippen LogP contribution in [0.1, 0.15) is 34.6 Å². The summed E-state index contributed by atoms with van der Waals surface area (Å²) in [6.45, 7) is 0.324. The molecule has 10 heteroatoms. The van der Waals surface area contributed by atoms with Crippen molar-refractivity contribution >= 4 is 5.91 Å². The van der Waals surface area contributed by atoms with Gasteiger partial charge in [-0.1, -0.05) is 24.3 Å². The van der Waals surface area contributed by atoms with Crippen molar-refractivity contribution in [2.24, 2.45) is 0 Å². The van der Waals surface area contributed by atoms with E-state index in [1.165, 1.54) is 12.1 Å². The van der Waals surface area contributed by atoms with Gasteiger partial charge >= 0.3 is 6.18 Å². The highest BCUT2D eigenvalue weighted by atomic mass is 19.4. The molecule has 0 saturated carbocycles. The average Bonchev–Trinajstić information content (AvgIpc) is 2.72. The zero-order chi connectivity index (χ0) is 21.6. The zero-order valence-corrected chi connectivity index (χ0v) is 15.7. The van der Waals surface area contributed by atoms with Crippen LogP contribution < -0.4 is 10.9 Å². The van der Waals surface area contributed by atoms with Crippen molar-refractivity contribution < 1.29 is 18.0 Å². The number of aromatic nitrogens is 4. The minimum absolute atomic E-state index is 0.00195. The minimum Gasteiger partial charge on any atom is -0.352 e. The van der Waals surface area contributed by atoms with Crippen molar-refractivity contribution in [3.05, 3.63) is 87.4 Å². The third kappa shape index (κ3) is 5.97. The smallest absolute Gasteiger partial charge is 0.352 e. The first-order chi connectivity index (χ1) is 14.3. The van der Waals surface area contributed by atoms with E-state index in [4.69, 9.17) is 0 Å². The lowest BCUT2D eigenvalue weighted by Gasteiger charge is -2.08. The molecule has 0 aliphatic heterocycles. The normalized spacial score (nSPS) is 11.3. The quantitative estimate of drug-likeness (QED) is 0.615. The van der Waals surface area contributed by atoms with Gasteiger partial charge < -0.3 is 10.3 Å². The van der Waals surface area contributed by atoms with Crippen LogP contribution in [0.5, 0.6) is 0 Å². The number of aromatic amines is 1. The molecular formula is C20H18F3N5O2. The molecule has 1 aromatic carbocycles. The number of aryl methyl sites for hydroxylation is 1. The van der Waals surface area contributed by atoms with E-state index < -0.39 is 17.3 Å². The highest BCUT2D eigenvalue weighted by molar-refractivity contribution is 5.76. The Hall–Kier alpha value is -3.56. The topological polar surface area (TPSA) is 101 Å². The molecule has 2 aromatic heterocycles. The van der Waals surface area contributed by atoms with Gasteiger partial charge in [0.1, 0.15) is 11.5 Å². The van der Waals surface area contributed by atoms with Crippen molar-refractivity contribution in [3.63, 3.8) is 0 Å². The third-order valence-corrected chi connectivity index (χ3v) is 4.24. The molecule has 30 heavy (non-hydrogen) atoms. The van der Waals surface area contributed by atoms with Crippen LogP contribution in [0.3, 0.4) is 0 Å². The van der Waals surface area contributed by atoms with Gasteiger partial charge in [0.15, 0.2) is 0 Å². The number of nitrogens with one attached hydrogen (secondary N) is 2. The summed E-state index contributed by atoms with van der Waals surface area (Å²) < 4.78 is 38.4. The van der Waals surface area contributed by atoms with Gasteiger partial charge in [-0.2, -0.15) is 13.2 Å². The Balaban J connectivity index is 1.56. The lowest BCUT2D eigenvalue weighted by Crippen LogP contribution is -2.25. The number of alkyl halides is 3. The summed E-state index contributed by atoms with van der Waals surface area (Å²) in [7, 11) is 0. The number of H-pyrrole nitrogens is 1. The first-order valence-corrected chi connectivity index (χ1v) is 9.08. The summed E-state index contributed by atoms with van der Waals surface area (Å²) in [5, 5.41) is 10.4. The lowest BCUT2D eigenvalue weighted by molar-refractivity contribution is -0.137. The van der Waals surface area contributed by atoms with Crippen LogP contribution in [-0.2, 0) is 30.4 Å². The van der Waals surface area contributed by atoms with Crippen molar-refractivity contribution in [1.82, 2.24) is 25.5 Å². The van der Waals surface area contributed by atoms with Gasteiger partial charge in [-0.3, -0.25) is 14.6 Å². The number of amides is 1. The summed E-state index contributed by atoms with van der Waals surface area (Å²) >= 11 is 0. The van der Waals surface area contributed by atoms with Crippen LogP contribution in [0.25, 0.3) is 0 Å². The first-order valence-electron chi connectivity index (χ1n) is 9.08. The number of hydrogen-bond donors (Lipinski definition) is 2. The molecule has 0 saturated heterocycles. The highest BCUT2D eigenvalue weighted by Gasteiger charge is 2.30. The van der Waals surface area contributed by atoms with Gasteiger partial charge in [0.05, 0.1) is 5.56 Å². The van der Waals surface area contributed by atoms with Crippen molar-refractivity contribution in [1.29, 1.82) is 0 Å². The van der Waals surface area contributed by atoms with Crippen LogP contribution in [-0.4, -0.2) is 26.1 Å². The predicted octanol–water partition coefficient (Wildman–Crippen LogP) is 2.42. The maximum absolute atomic E-state index is 12.8. The van der Waals surface area contributed by atoms with Gasteiger partial charge in [0.2, 0.25) is 5.91 Å². The molecule has 3 rings (SSSR count). The molecule has 0 aliphatic carbocycles. The number of nitrogens with zero attached hydrogens (tertiary/aromatic N) is 3. The van der Waals surface area contributed by atoms with Gasteiger partial charge in [-0.15, -0.1) is 10.2 Å². The van der Waals surface area contributed by atoms with Gasteiger partial charge in [0, 0.05) is 38.2 Å². The van der Waals surface area contributed by atoms with E-state index in [1.54, 1.807) is 18.5 Å². The van der Waals surface area contributed by atoms with Crippen molar-refractivity contribution in [2.45, 2.75) is 32.0 Å². The number of rotatable bonds is 7. The van der Waals surface area contributed by atoms with Crippen LogP contribution in [0.15, 0.2) is 53.6 Å². The van der Waals surface area contributed by atoms with Crippen LogP contribution in [0, 0.1) is 0 Å². The second-order valence-electron chi connectivity index (χ2n) is 6.56. The van der Waals surface area contributed by atoms with Crippen LogP contribution in [0.4, 0.5) is 13.2 Å². The number of pyridine rings is 1. The van der Waals surface area contributed by atoms with Crippen molar-refractivity contribution in [2.75, 3.05) is 0 Å². The molecule has 0 atom stereocenters. The molecule has 3 aromatic rings. The Bertz CT molecular complexity index is 1070. The molecule has 0 unspecified atom stereocenters. The van der Waals surface area contributed by atoms with E-state index in [2.05, 4.69) is 25.5 Å². The molecular weight excluding hydrogens is 399 g/mol. The second kappa shape index (κ2) is 9.29. The predicted molar refractivity (Wildman–Crippen MR) is 101 cm³/mol. The molecule has 0 aliphatic rings. The summed E-state index contributed by atoms with van der Waals surface area (Å²) in [5.41, 5.74) is -0.0182. The Morgan fingerprint density at radius 2 is 1.90 bits per heavy atom. The first kappa shape index (κ1) is 21.2. The SMILES string of the molecule is O=C(CCc1nnc(Cc2cccc(C(F)(F)F)c2)[nH]c1=O)NCc1cccnc1. The summed E-state index contributed by atoms with van der Waals surface area (Å²) in [6.07, 6.45) is -1.04. The number of carbonyl (C=O) groups is 1. The Kier molecular flexibility index (Phi) is 6.55. The van der Waals surface area contributed by atoms with Crippen LogP contribution >= 0.6 is 0 Å². The third-order valence-electron chi connectivity index (χ3n) is 4.24. The summed E-state index contributed by atoms with van der Waals surface area (Å²) in [4.78, 5) is 30.6. The molecule has 2 N–H and O–H groups in total. The van der Waals surface area contributed by atoms with Crippen molar-refractivity contribution in [3.8, 4) is 0 Å². The van der Waals surface area contributed by atoms with E-state index in [-0.39, 0.29) is 36.7 Å². The van der Waals surface area contributed by atoms with Gasteiger partial charge in [0.25, 0.3) is 5.56 Å². The Morgan fingerprint density at radius 3 is 2.60 bits per heavy atom. The number of halogens is 3. The average molecular weight is 417 g/mol. The molecule has 7 nitrogen and oxygen atoms in total. The van der Waals surface area contributed by atoms with E-state index in [0.717, 1.165) is 17.7 Å². The molecule has 0 spiro atoms. The maximum atomic E-state index is 12.8. The van der Waals surface area contributed by atoms with E-state index in [9.17, 15) is 22.8 Å². The van der Waals surface area contributed by atoms with E-state index >= 15 is 0 Å². The lowest BCUT2D eigenvalue weighted by atomic mass is 10.1. The van der Waals surface area contributed by atoms with E-state index in [0.29, 0.717) is 12.1 Å². The fourth-order valence-electron chi connectivity index (χ4n) is 2.71. The molecule has 0 bridgehead atoms. The molecule has 1 amide bonds. The largest absolute Gasteiger partial charge is 0.416 e. The van der Waals surface area contributed by atoms with Crippen LogP contribution in [0.2, 0.25) is 0 Å². The van der Waals surface area contributed by atoms with E-state index in [1.807, 2.05) is 6.07 Å². The van der Waals surface area contributed by atoms with Gasteiger partial charge in [-0.05, 0) is 23.3 Å². The monoisotopic (exact) mass is 417 g/mol. The zero-order valence-electron chi connectivity index (χ0n) is 15.7. The minimum atomic E-state index is -4.45.